The third kappa shape index (κ3) is 4.98. The summed E-state index contributed by atoms with van der Waals surface area (Å²) < 4.78 is 11.8. The molecule has 9 heteroatoms. The highest BCUT2D eigenvalue weighted by Gasteiger charge is 2.36. The number of thioether (sulfide) groups is 1. The maximum absolute atomic E-state index is 12.7. The zero-order chi connectivity index (χ0) is 21.8. The highest BCUT2D eigenvalue weighted by molar-refractivity contribution is 14.1. The van der Waals surface area contributed by atoms with Crippen LogP contribution in [0.1, 0.15) is 22.8 Å². The Labute approximate surface area is 196 Å². The Balaban J connectivity index is 1.82. The summed E-state index contributed by atoms with van der Waals surface area (Å²) in [4.78, 5) is 38.7. The van der Waals surface area contributed by atoms with Crippen LogP contribution in [0.5, 0.6) is 11.5 Å². The van der Waals surface area contributed by atoms with Crippen molar-refractivity contribution < 1.29 is 23.9 Å². The Kier molecular flexibility index (Phi) is 7.43. The number of halogens is 2. The molecule has 0 radical (unpaired) electrons. The summed E-state index contributed by atoms with van der Waals surface area (Å²) in [5.74, 6) is 0.315. The Morgan fingerprint density at radius 3 is 2.57 bits per heavy atom. The van der Waals surface area contributed by atoms with Crippen molar-refractivity contribution in [2.45, 2.75) is 6.92 Å². The van der Waals surface area contributed by atoms with Crippen molar-refractivity contribution in [3.05, 3.63) is 61.0 Å². The molecule has 0 aromatic heterocycles. The van der Waals surface area contributed by atoms with E-state index in [1.165, 1.54) is 0 Å². The van der Waals surface area contributed by atoms with Crippen molar-refractivity contribution in [2.75, 3.05) is 20.3 Å². The number of hydrogen-bond acceptors (Lipinski definition) is 6. The lowest BCUT2D eigenvalue weighted by molar-refractivity contribution is -0.122. The first-order chi connectivity index (χ1) is 14.3. The number of carbonyl (C=O) groups excluding carboxylic acids is 3. The van der Waals surface area contributed by atoms with E-state index in [1.54, 1.807) is 43.5 Å². The van der Waals surface area contributed by atoms with Gasteiger partial charge in [-0.05, 0) is 89.3 Å². The van der Waals surface area contributed by atoms with Crippen molar-refractivity contribution in [2.24, 2.45) is 0 Å². The monoisotopic (exact) mass is 557 g/mol. The molecule has 2 amide bonds. The van der Waals surface area contributed by atoms with E-state index in [1.807, 2.05) is 13.0 Å². The Morgan fingerprint density at radius 1 is 1.23 bits per heavy atom. The Morgan fingerprint density at radius 2 is 1.93 bits per heavy atom. The largest absolute Gasteiger partial charge is 0.492 e. The van der Waals surface area contributed by atoms with Gasteiger partial charge in [0.05, 0.1) is 28.7 Å². The van der Waals surface area contributed by atoms with Gasteiger partial charge in [0.25, 0.3) is 11.1 Å². The van der Waals surface area contributed by atoms with Gasteiger partial charge in [-0.15, -0.1) is 0 Å². The number of nitrogens with zero attached hydrogens (tertiary/aromatic N) is 1. The lowest BCUT2D eigenvalue weighted by atomic mass is 10.1. The van der Waals surface area contributed by atoms with Crippen LogP contribution in [0.4, 0.5) is 4.79 Å². The van der Waals surface area contributed by atoms with Crippen molar-refractivity contribution in [1.82, 2.24) is 4.90 Å². The molecule has 2 aromatic carbocycles. The van der Waals surface area contributed by atoms with Gasteiger partial charge in [-0.25, -0.2) is 0 Å². The second-order valence-electron chi connectivity index (χ2n) is 6.17. The molecule has 0 spiro atoms. The minimum absolute atomic E-state index is 0.243. The average Bonchev–Trinajstić information content (AvgIpc) is 2.96. The Hall–Kier alpha value is -2.04. The minimum Gasteiger partial charge on any atom is -0.492 e. The average molecular weight is 558 g/mol. The number of ether oxygens (including phenoxy) is 2. The minimum atomic E-state index is -0.504. The molecule has 6 nitrogen and oxygen atoms in total. The van der Waals surface area contributed by atoms with E-state index >= 15 is 0 Å². The van der Waals surface area contributed by atoms with Crippen LogP contribution in [-0.2, 0) is 4.79 Å². The molecular weight excluding hydrogens is 541 g/mol. The van der Waals surface area contributed by atoms with E-state index in [0.29, 0.717) is 34.3 Å². The van der Waals surface area contributed by atoms with Crippen molar-refractivity contribution in [3.8, 4) is 11.5 Å². The molecule has 2 aromatic rings. The zero-order valence-electron chi connectivity index (χ0n) is 16.1. The summed E-state index contributed by atoms with van der Waals surface area (Å²) in [5.41, 5.74) is 1.08. The van der Waals surface area contributed by atoms with Gasteiger partial charge in [0.15, 0.2) is 17.3 Å². The van der Waals surface area contributed by atoms with Crippen LogP contribution in [-0.4, -0.2) is 42.1 Å². The smallest absolute Gasteiger partial charge is 0.293 e. The van der Waals surface area contributed by atoms with Crippen LogP contribution in [0.3, 0.4) is 0 Å². The van der Waals surface area contributed by atoms with Crippen molar-refractivity contribution in [3.63, 3.8) is 0 Å². The summed E-state index contributed by atoms with van der Waals surface area (Å²) >= 11 is 8.75. The standard InChI is InChI=1S/C21H17ClINO5S/c1-3-29-17-9-12(8-15(23)19(17)28-2)10-18-20(26)24(21(27)30-18)11-16(25)13-4-6-14(22)7-5-13/h4-10H,3,11H2,1-2H3/b18-10+. The summed E-state index contributed by atoms with van der Waals surface area (Å²) in [6.45, 7) is 2.00. The van der Waals surface area contributed by atoms with Gasteiger partial charge in [0.1, 0.15) is 0 Å². The normalized spacial score (nSPS) is 15.1. The van der Waals surface area contributed by atoms with Gasteiger partial charge in [0.2, 0.25) is 0 Å². The van der Waals surface area contributed by atoms with E-state index in [2.05, 4.69) is 22.6 Å². The quantitative estimate of drug-likeness (QED) is 0.262. The maximum atomic E-state index is 12.7. The molecule has 30 heavy (non-hydrogen) atoms. The van der Waals surface area contributed by atoms with Crippen molar-refractivity contribution in [1.29, 1.82) is 0 Å². The lowest BCUT2D eigenvalue weighted by Gasteiger charge is -2.12. The highest BCUT2D eigenvalue weighted by Crippen LogP contribution is 2.37. The molecule has 1 saturated heterocycles. The van der Waals surface area contributed by atoms with Crippen LogP contribution in [0, 0.1) is 3.57 Å². The highest BCUT2D eigenvalue weighted by atomic mass is 127. The number of hydrogen-bond donors (Lipinski definition) is 0. The van der Waals surface area contributed by atoms with Gasteiger partial charge in [0, 0.05) is 10.6 Å². The van der Waals surface area contributed by atoms with E-state index in [4.69, 9.17) is 21.1 Å². The number of Topliss-reactive ketones (excluding diaryl/α,β-unsaturated/α-hetero) is 1. The molecule has 0 saturated carbocycles. The topological polar surface area (TPSA) is 72.9 Å². The summed E-state index contributed by atoms with van der Waals surface area (Å²) in [6.07, 6.45) is 1.61. The molecule has 0 atom stereocenters. The van der Waals surface area contributed by atoms with Crippen LogP contribution < -0.4 is 9.47 Å². The molecule has 0 aliphatic carbocycles. The SMILES string of the molecule is CCOc1cc(/C=C2/SC(=O)N(CC(=O)c3ccc(Cl)cc3)C2=O)cc(I)c1OC. The zero-order valence-corrected chi connectivity index (χ0v) is 19.8. The first-order valence-electron chi connectivity index (χ1n) is 8.88. The Bertz CT molecular complexity index is 1040. The van der Waals surface area contributed by atoms with Gasteiger partial charge in [-0.3, -0.25) is 19.3 Å². The molecule has 1 aliphatic heterocycles. The van der Waals surface area contributed by atoms with E-state index in [-0.39, 0.29) is 17.2 Å². The first kappa shape index (κ1) is 22.6. The molecule has 0 unspecified atom stereocenters. The molecule has 0 N–H and O–H groups in total. The van der Waals surface area contributed by atoms with Crippen molar-refractivity contribution >= 4 is 69.0 Å². The molecular formula is C21H17ClINO5S. The molecule has 1 fully saturated rings. The van der Waals surface area contributed by atoms with Crippen LogP contribution in [0.25, 0.3) is 6.08 Å². The fourth-order valence-corrected chi connectivity index (χ4v) is 4.60. The predicted octanol–water partition coefficient (Wildman–Crippen LogP) is 5.27. The number of amides is 2. The summed E-state index contributed by atoms with van der Waals surface area (Å²) in [7, 11) is 1.56. The third-order valence-electron chi connectivity index (χ3n) is 4.18. The van der Waals surface area contributed by atoms with E-state index < -0.39 is 11.1 Å². The summed E-state index contributed by atoms with van der Waals surface area (Å²) in [6, 6.07) is 9.88. The van der Waals surface area contributed by atoms with Gasteiger partial charge < -0.3 is 9.47 Å². The maximum Gasteiger partial charge on any atom is 0.293 e. The van der Waals surface area contributed by atoms with Crippen LogP contribution in [0.15, 0.2) is 41.3 Å². The van der Waals surface area contributed by atoms with Gasteiger partial charge in [-0.1, -0.05) is 11.6 Å². The van der Waals surface area contributed by atoms with E-state index in [0.717, 1.165) is 20.2 Å². The number of carbonyl (C=O) groups is 3. The number of rotatable bonds is 7. The number of methoxy groups -OCH3 is 1. The third-order valence-corrected chi connectivity index (χ3v) is 6.14. The second-order valence-corrected chi connectivity index (χ2v) is 8.76. The first-order valence-corrected chi connectivity index (χ1v) is 11.2. The summed E-state index contributed by atoms with van der Waals surface area (Å²) in [5, 5.41) is 0.0167. The second kappa shape index (κ2) is 9.84. The fraction of sp³-hybridized carbons (Fsp3) is 0.190. The predicted molar refractivity (Wildman–Crippen MR) is 125 cm³/mol. The van der Waals surface area contributed by atoms with Crippen LogP contribution >= 0.6 is 46.0 Å². The lowest BCUT2D eigenvalue weighted by Crippen LogP contribution is -2.33. The number of imide groups is 1. The number of benzene rings is 2. The molecule has 1 heterocycles. The molecule has 156 valence electrons. The van der Waals surface area contributed by atoms with Crippen LogP contribution in [0.2, 0.25) is 5.02 Å². The number of ketones is 1. The fourth-order valence-electron chi connectivity index (χ4n) is 2.79. The molecule has 1 aliphatic rings. The molecule has 0 bridgehead atoms. The van der Waals surface area contributed by atoms with Gasteiger partial charge in [-0.2, -0.15) is 0 Å². The van der Waals surface area contributed by atoms with Gasteiger partial charge >= 0.3 is 0 Å². The molecule has 3 rings (SSSR count). The van der Waals surface area contributed by atoms with E-state index in [9.17, 15) is 14.4 Å².